The van der Waals surface area contributed by atoms with Crippen LogP contribution in [0.1, 0.15) is 13.8 Å². The van der Waals surface area contributed by atoms with E-state index in [1.54, 1.807) is 13.8 Å². The summed E-state index contributed by atoms with van der Waals surface area (Å²) in [5.74, 6) is -1.17. The van der Waals surface area contributed by atoms with E-state index in [4.69, 9.17) is 10.5 Å². The molecule has 0 saturated carbocycles. The van der Waals surface area contributed by atoms with Crippen molar-refractivity contribution in [1.29, 1.82) is 0 Å². The minimum Gasteiger partial charge on any atom is -0.486 e. The molecule has 2 nitrogen and oxygen atoms in total. The minimum atomic E-state index is -0.659. The maximum Gasteiger partial charge on any atom is 0.129 e. The number of benzene rings is 1. The Labute approximate surface area is 81.7 Å². The maximum absolute atomic E-state index is 12.8. The molecular formula is C10H13F2NO. The predicted molar refractivity (Wildman–Crippen MR) is 50.1 cm³/mol. The van der Waals surface area contributed by atoms with Crippen molar-refractivity contribution in [2.24, 2.45) is 5.73 Å². The van der Waals surface area contributed by atoms with Gasteiger partial charge in [-0.25, -0.2) is 8.78 Å². The lowest BCUT2D eigenvalue weighted by Gasteiger charge is -2.24. The molecule has 0 atom stereocenters. The first-order valence-electron chi connectivity index (χ1n) is 4.28. The minimum absolute atomic E-state index is 0.151. The Hall–Kier alpha value is -1.16. The van der Waals surface area contributed by atoms with E-state index in [9.17, 15) is 8.78 Å². The van der Waals surface area contributed by atoms with Crippen molar-refractivity contribution in [2.75, 3.05) is 6.54 Å². The van der Waals surface area contributed by atoms with Crippen molar-refractivity contribution in [3.05, 3.63) is 29.8 Å². The Kier molecular flexibility index (Phi) is 3.06. The standard InChI is InChI=1S/C10H13F2NO/c1-10(2,6-13)14-9-4-7(11)3-8(12)5-9/h3-5H,6,13H2,1-2H3. The van der Waals surface area contributed by atoms with Crippen molar-refractivity contribution >= 4 is 0 Å². The summed E-state index contributed by atoms with van der Waals surface area (Å²) in [5, 5.41) is 0. The van der Waals surface area contributed by atoms with Crippen molar-refractivity contribution in [2.45, 2.75) is 19.4 Å². The Balaban J connectivity index is 2.87. The molecule has 1 aromatic rings. The average Bonchev–Trinajstić information content (AvgIpc) is 2.01. The molecule has 1 rings (SSSR count). The van der Waals surface area contributed by atoms with Crippen LogP contribution in [0.2, 0.25) is 0 Å². The van der Waals surface area contributed by atoms with E-state index in [1.807, 2.05) is 0 Å². The van der Waals surface area contributed by atoms with Gasteiger partial charge >= 0.3 is 0 Å². The Bertz CT molecular complexity index is 306. The summed E-state index contributed by atoms with van der Waals surface area (Å²) < 4.78 is 30.8. The van der Waals surface area contributed by atoms with Crippen LogP contribution in [0.5, 0.6) is 5.75 Å². The summed E-state index contributed by atoms with van der Waals surface area (Å²) in [6.07, 6.45) is 0. The van der Waals surface area contributed by atoms with Gasteiger partial charge in [-0.15, -0.1) is 0 Å². The first kappa shape index (κ1) is 10.9. The summed E-state index contributed by atoms with van der Waals surface area (Å²) in [7, 11) is 0. The normalized spacial score (nSPS) is 11.5. The predicted octanol–water partition coefficient (Wildman–Crippen LogP) is 2.08. The molecule has 0 spiro atoms. The second kappa shape index (κ2) is 3.92. The van der Waals surface area contributed by atoms with Crippen LogP contribution in [-0.2, 0) is 0 Å². The van der Waals surface area contributed by atoms with Crippen molar-refractivity contribution < 1.29 is 13.5 Å². The molecule has 0 aromatic heterocycles. The fraction of sp³-hybridized carbons (Fsp3) is 0.400. The van der Waals surface area contributed by atoms with Gasteiger partial charge < -0.3 is 10.5 Å². The fourth-order valence-corrected chi connectivity index (χ4v) is 0.948. The molecule has 2 N–H and O–H groups in total. The Morgan fingerprint density at radius 3 is 2.14 bits per heavy atom. The van der Waals surface area contributed by atoms with E-state index in [2.05, 4.69) is 0 Å². The monoisotopic (exact) mass is 201 g/mol. The van der Waals surface area contributed by atoms with Crippen LogP contribution in [0.4, 0.5) is 8.78 Å². The highest BCUT2D eigenvalue weighted by molar-refractivity contribution is 5.24. The molecule has 4 heteroatoms. The third-order valence-corrected chi connectivity index (χ3v) is 1.72. The molecule has 0 radical (unpaired) electrons. The van der Waals surface area contributed by atoms with Gasteiger partial charge in [0.15, 0.2) is 0 Å². The van der Waals surface area contributed by atoms with Gasteiger partial charge in [0.25, 0.3) is 0 Å². The van der Waals surface area contributed by atoms with Crippen LogP contribution in [0.25, 0.3) is 0 Å². The molecule has 0 amide bonds. The van der Waals surface area contributed by atoms with Gasteiger partial charge in [-0.3, -0.25) is 0 Å². The molecule has 0 bridgehead atoms. The molecule has 0 aliphatic rings. The molecule has 0 aliphatic carbocycles. The SMILES string of the molecule is CC(C)(CN)Oc1cc(F)cc(F)c1. The molecular weight excluding hydrogens is 188 g/mol. The van der Waals surface area contributed by atoms with Gasteiger partial charge in [-0.2, -0.15) is 0 Å². The highest BCUT2D eigenvalue weighted by Gasteiger charge is 2.17. The number of ether oxygens (including phenoxy) is 1. The summed E-state index contributed by atoms with van der Waals surface area (Å²) in [4.78, 5) is 0. The van der Waals surface area contributed by atoms with Crippen LogP contribution in [0.15, 0.2) is 18.2 Å². The molecule has 0 heterocycles. The van der Waals surface area contributed by atoms with Crippen LogP contribution in [0.3, 0.4) is 0 Å². The van der Waals surface area contributed by atoms with Crippen molar-refractivity contribution in [3.63, 3.8) is 0 Å². The second-order valence-corrected chi connectivity index (χ2v) is 3.67. The quantitative estimate of drug-likeness (QED) is 0.812. The zero-order valence-electron chi connectivity index (χ0n) is 8.18. The van der Waals surface area contributed by atoms with E-state index in [-0.39, 0.29) is 12.3 Å². The molecule has 0 saturated heterocycles. The average molecular weight is 201 g/mol. The van der Waals surface area contributed by atoms with E-state index in [1.165, 1.54) is 0 Å². The largest absolute Gasteiger partial charge is 0.486 e. The highest BCUT2D eigenvalue weighted by atomic mass is 19.1. The molecule has 0 unspecified atom stereocenters. The van der Waals surface area contributed by atoms with Crippen molar-refractivity contribution in [1.82, 2.24) is 0 Å². The van der Waals surface area contributed by atoms with Gasteiger partial charge in [0, 0.05) is 24.7 Å². The maximum atomic E-state index is 12.8. The lowest BCUT2D eigenvalue weighted by molar-refractivity contribution is 0.118. The van der Waals surface area contributed by atoms with E-state index in [0.717, 1.165) is 18.2 Å². The topological polar surface area (TPSA) is 35.2 Å². The lowest BCUT2D eigenvalue weighted by Crippen LogP contribution is -2.37. The van der Waals surface area contributed by atoms with Crippen LogP contribution < -0.4 is 10.5 Å². The van der Waals surface area contributed by atoms with Crippen LogP contribution in [0, 0.1) is 11.6 Å². The van der Waals surface area contributed by atoms with Gasteiger partial charge in [0.05, 0.1) is 0 Å². The Morgan fingerprint density at radius 1 is 1.21 bits per heavy atom. The third-order valence-electron chi connectivity index (χ3n) is 1.72. The van der Waals surface area contributed by atoms with Gasteiger partial charge in [-0.05, 0) is 13.8 Å². The summed E-state index contributed by atoms with van der Waals surface area (Å²) in [6, 6.07) is 3.04. The number of rotatable bonds is 3. The number of hydrogen-bond donors (Lipinski definition) is 1. The molecule has 0 fully saturated rings. The number of halogens is 2. The summed E-state index contributed by atoms with van der Waals surface area (Å²) in [5.41, 5.74) is 4.79. The van der Waals surface area contributed by atoms with E-state index >= 15 is 0 Å². The van der Waals surface area contributed by atoms with E-state index < -0.39 is 17.2 Å². The van der Waals surface area contributed by atoms with Crippen LogP contribution >= 0.6 is 0 Å². The number of hydrogen-bond acceptors (Lipinski definition) is 2. The molecule has 0 aliphatic heterocycles. The van der Waals surface area contributed by atoms with Gasteiger partial charge in [0.1, 0.15) is 23.0 Å². The molecule has 1 aromatic carbocycles. The number of nitrogens with two attached hydrogens (primary N) is 1. The zero-order chi connectivity index (χ0) is 10.8. The summed E-state index contributed by atoms with van der Waals surface area (Å²) in [6.45, 7) is 3.76. The van der Waals surface area contributed by atoms with Gasteiger partial charge in [-0.1, -0.05) is 0 Å². The molecule has 14 heavy (non-hydrogen) atoms. The molecule has 78 valence electrons. The van der Waals surface area contributed by atoms with Crippen LogP contribution in [-0.4, -0.2) is 12.1 Å². The highest BCUT2D eigenvalue weighted by Crippen LogP contribution is 2.20. The van der Waals surface area contributed by atoms with Gasteiger partial charge in [0.2, 0.25) is 0 Å². The van der Waals surface area contributed by atoms with E-state index in [0.29, 0.717) is 0 Å². The smallest absolute Gasteiger partial charge is 0.129 e. The lowest BCUT2D eigenvalue weighted by atomic mass is 10.1. The zero-order valence-corrected chi connectivity index (χ0v) is 8.18. The summed E-state index contributed by atoms with van der Waals surface area (Å²) >= 11 is 0. The first-order valence-corrected chi connectivity index (χ1v) is 4.28. The Morgan fingerprint density at radius 2 is 1.71 bits per heavy atom. The third kappa shape index (κ3) is 2.96. The second-order valence-electron chi connectivity index (χ2n) is 3.67. The first-order chi connectivity index (χ1) is 6.43. The van der Waals surface area contributed by atoms with Crippen molar-refractivity contribution in [3.8, 4) is 5.75 Å². The fourth-order valence-electron chi connectivity index (χ4n) is 0.948.